The number of non-ortho nitro benzene ring substituents is 1. The number of carbonyl (C=O) groups is 3. The minimum Gasteiger partial charge on any atom is -0.367 e. The summed E-state index contributed by atoms with van der Waals surface area (Å²) < 4.78 is 13.4. The highest BCUT2D eigenvalue weighted by Crippen LogP contribution is 2.48. The summed E-state index contributed by atoms with van der Waals surface area (Å²) in [5.74, 6) is -1.94. The second-order valence-electron chi connectivity index (χ2n) is 8.30. The van der Waals surface area contributed by atoms with E-state index in [1.807, 2.05) is 4.90 Å². The maximum atomic E-state index is 13.9. The quantitative estimate of drug-likeness (QED) is 0.438. The largest absolute Gasteiger partial charge is 0.367 e. The number of benzene rings is 2. The molecule has 0 unspecified atom stereocenters. The van der Waals surface area contributed by atoms with Crippen LogP contribution in [0.2, 0.25) is 0 Å². The number of nitrogens with zero attached hydrogens (tertiary/aromatic N) is 3. The number of hydrogen-bond donors (Lipinski definition) is 1. The molecular formula is C22H19FN4O5. The Balaban J connectivity index is 1.66. The number of nitro benzene ring substituents is 1. The van der Waals surface area contributed by atoms with Gasteiger partial charge >= 0.3 is 6.03 Å². The van der Waals surface area contributed by atoms with E-state index in [9.17, 15) is 28.9 Å². The van der Waals surface area contributed by atoms with E-state index in [1.54, 1.807) is 6.07 Å². The SMILES string of the molecule is O=C1NC(=O)[C@@]2(Cc3cc([N+](=O)[O-])ccc3N3CCCC[C@@H]32)C(=O)N1c1ccc(F)cc1. The maximum Gasteiger partial charge on any atom is 0.335 e. The van der Waals surface area contributed by atoms with E-state index >= 15 is 0 Å². The summed E-state index contributed by atoms with van der Waals surface area (Å²) in [5.41, 5.74) is -0.353. The number of halogens is 1. The minimum atomic E-state index is -1.63. The van der Waals surface area contributed by atoms with E-state index in [0.717, 1.165) is 35.6 Å². The number of hydrogen-bond acceptors (Lipinski definition) is 6. The Bertz CT molecular complexity index is 1170. The van der Waals surface area contributed by atoms with Gasteiger partial charge in [-0.2, -0.15) is 0 Å². The standard InChI is InChI=1S/C22H19FN4O5/c23-14-4-6-15(7-5-14)26-20(29)22(19(28)24-21(26)30)12-13-11-16(27(31)32)8-9-17(13)25-10-2-1-3-18(22)25/h4-9,11,18H,1-3,10,12H2,(H,24,28,30)/t18-,22+/m1/s1. The van der Waals surface area contributed by atoms with Crippen LogP contribution in [0.15, 0.2) is 42.5 Å². The van der Waals surface area contributed by atoms with E-state index in [-0.39, 0.29) is 17.8 Å². The lowest BCUT2D eigenvalue weighted by Gasteiger charge is -2.53. The Morgan fingerprint density at radius 1 is 1.09 bits per heavy atom. The van der Waals surface area contributed by atoms with E-state index in [1.165, 1.54) is 24.3 Å². The molecule has 9 nitrogen and oxygen atoms in total. The number of amides is 4. The molecule has 32 heavy (non-hydrogen) atoms. The summed E-state index contributed by atoms with van der Waals surface area (Å²) in [4.78, 5) is 53.5. The van der Waals surface area contributed by atoms with E-state index in [0.29, 0.717) is 18.5 Å². The molecule has 0 aromatic heterocycles. The molecule has 5 rings (SSSR count). The number of piperidine rings is 1. The number of fused-ring (bicyclic) bond motifs is 4. The summed E-state index contributed by atoms with van der Waals surface area (Å²) in [6.07, 6.45) is 2.14. The molecule has 2 saturated heterocycles. The van der Waals surface area contributed by atoms with Crippen LogP contribution in [0.3, 0.4) is 0 Å². The zero-order valence-corrected chi connectivity index (χ0v) is 16.9. The first kappa shape index (κ1) is 20.1. The molecule has 3 heterocycles. The molecule has 3 aliphatic heterocycles. The lowest BCUT2D eigenvalue weighted by atomic mass is 9.66. The Hall–Kier alpha value is -3.82. The van der Waals surface area contributed by atoms with Crippen LogP contribution in [0.25, 0.3) is 0 Å². The van der Waals surface area contributed by atoms with E-state index in [4.69, 9.17) is 0 Å². The molecule has 1 N–H and O–H groups in total. The van der Waals surface area contributed by atoms with Crippen LogP contribution in [0.5, 0.6) is 0 Å². The van der Waals surface area contributed by atoms with Gasteiger partial charge in [0.25, 0.3) is 11.6 Å². The molecule has 1 spiro atoms. The zero-order chi connectivity index (χ0) is 22.6. The lowest BCUT2D eigenvalue weighted by molar-refractivity contribution is -0.384. The number of carbonyl (C=O) groups excluding carboxylic acids is 3. The maximum absolute atomic E-state index is 13.9. The third kappa shape index (κ3) is 2.79. The van der Waals surface area contributed by atoms with Gasteiger partial charge in [0.1, 0.15) is 5.82 Å². The second-order valence-corrected chi connectivity index (χ2v) is 8.30. The fourth-order valence-corrected chi connectivity index (χ4v) is 5.19. The molecule has 0 aliphatic carbocycles. The molecule has 10 heteroatoms. The number of urea groups is 1. The predicted molar refractivity (Wildman–Crippen MR) is 112 cm³/mol. The van der Waals surface area contributed by atoms with Gasteiger partial charge in [0.15, 0.2) is 5.41 Å². The van der Waals surface area contributed by atoms with Crippen molar-refractivity contribution in [2.45, 2.75) is 31.7 Å². The number of anilines is 2. The number of imide groups is 2. The molecule has 0 radical (unpaired) electrons. The van der Waals surface area contributed by atoms with Crippen molar-refractivity contribution in [1.29, 1.82) is 0 Å². The normalized spacial score (nSPS) is 24.8. The van der Waals surface area contributed by atoms with E-state index in [2.05, 4.69) is 5.32 Å². The Morgan fingerprint density at radius 2 is 1.84 bits per heavy atom. The Labute approximate surface area is 181 Å². The average Bonchev–Trinajstić information content (AvgIpc) is 2.78. The van der Waals surface area contributed by atoms with Gasteiger partial charge in [-0.05, 0) is 55.2 Å². The van der Waals surface area contributed by atoms with Crippen LogP contribution in [0, 0.1) is 21.3 Å². The van der Waals surface area contributed by atoms with Crippen molar-refractivity contribution in [2.75, 3.05) is 16.3 Å². The topological polar surface area (TPSA) is 113 Å². The average molecular weight is 438 g/mol. The summed E-state index contributed by atoms with van der Waals surface area (Å²) >= 11 is 0. The summed E-state index contributed by atoms with van der Waals surface area (Å²) in [6.45, 7) is 0.586. The van der Waals surface area contributed by atoms with Crippen molar-refractivity contribution >= 4 is 34.9 Å². The first-order chi connectivity index (χ1) is 15.3. The van der Waals surface area contributed by atoms with Gasteiger partial charge in [-0.25, -0.2) is 14.1 Å². The molecule has 3 aliphatic rings. The molecule has 2 atom stereocenters. The van der Waals surface area contributed by atoms with Crippen LogP contribution in [0.4, 0.5) is 26.2 Å². The Morgan fingerprint density at radius 3 is 2.56 bits per heavy atom. The van der Waals surface area contributed by atoms with E-state index < -0.39 is 40.0 Å². The van der Waals surface area contributed by atoms with Gasteiger partial charge in [0, 0.05) is 30.8 Å². The van der Waals surface area contributed by atoms with Gasteiger partial charge in [-0.3, -0.25) is 25.0 Å². The molecule has 0 saturated carbocycles. The number of barbiturate groups is 1. The predicted octanol–water partition coefficient (Wildman–Crippen LogP) is 2.92. The third-order valence-corrected chi connectivity index (χ3v) is 6.62. The van der Waals surface area contributed by atoms with Crippen LogP contribution >= 0.6 is 0 Å². The van der Waals surface area contributed by atoms with Crippen molar-refractivity contribution in [3.8, 4) is 0 Å². The highest BCUT2D eigenvalue weighted by molar-refractivity contribution is 6.30. The zero-order valence-electron chi connectivity index (χ0n) is 16.9. The first-order valence-corrected chi connectivity index (χ1v) is 10.3. The summed E-state index contributed by atoms with van der Waals surface area (Å²) in [5, 5.41) is 13.6. The van der Waals surface area contributed by atoms with Crippen LogP contribution in [-0.2, 0) is 16.0 Å². The molecule has 0 bridgehead atoms. The van der Waals surface area contributed by atoms with Crippen molar-refractivity contribution in [3.05, 3.63) is 64.0 Å². The number of nitro groups is 1. The fourth-order valence-electron chi connectivity index (χ4n) is 5.19. The van der Waals surface area contributed by atoms with Crippen molar-refractivity contribution < 1.29 is 23.7 Å². The molecule has 2 aromatic rings. The van der Waals surface area contributed by atoms with Gasteiger partial charge in [0.05, 0.1) is 16.7 Å². The minimum absolute atomic E-state index is 0.0686. The Kier molecular flexibility index (Phi) is 4.47. The number of rotatable bonds is 2. The molecule has 2 fully saturated rings. The summed E-state index contributed by atoms with van der Waals surface area (Å²) in [6, 6.07) is 7.93. The van der Waals surface area contributed by atoms with Gasteiger partial charge in [-0.15, -0.1) is 0 Å². The lowest BCUT2D eigenvalue weighted by Crippen LogP contribution is -2.72. The van der Waals surface area contributed by atoms with Crippen molar-refractivity contribution in [1.82, 2.24) is 5.32 Å². The highest BCUT2D eigenvalue weighted by Gasteiger charge is 2.62. The first-order valence-electron chi connectivity index (χ1n) is 10.3. The smallest absolute Gasteiger partial charge is 0.335 e. The van der Waals surface area contributed by atoms with Gasteiger partial charge in [0.2, 0.25) is 5.91 Å². The molecular weight excluding hydrogens is 419 g/mol. The fraction of sp³-hybridized carbons (Fsp3) is 0.318. The second kappa shape index (κ2) is 7.11. The van der Waals surface area contributed by atoms with Crippen LogP contribution in [0.1, 0.15) is 24.8 Å². The van der Waals surface area contributed by atoms with Gasteiger partial charge in [-0.1, -0.05) is 0 Å². The molecule has 2 aromatic carbocycles. The highest BCUT2D eigenvalue weighted by atomic mass is 19.1. The third-order valence-electron chi connectivity index (χ3n) is 6.62. The number of nitrogens with one attached hydrogen (secondary N) is 1. The molecule has 4 amide bonds. The van der Waals surface area contributed by atoms with Crippen LogP contribution in [-0.4, -0.2) is 35.4 Å². The van der Waals surface area contributed by atoms with Crippen molar-refractivity contribution in [3.63, 3.8) is 0 Å². The monoisotopic (exact) mass is 438 g/mol. The summed E-state index contributed by atoms with van der Waals surface area (Å²) in [7, 11) is 0. The van der Waals surface area contributed by atoms with Crippen LogP contribution < -0.4 is 15.1 Å². The van der Waals surface area contributed by atoms with Crippen molar-refractivity contribution in [2.24, 2.45) is 5.41 Å². The van der Waals surface area contributed by atoms with Gasteiger partial charge < -0.3 is 4.90 Å². The molecule has 164 valence electrons.